The van der Waals surface area contributed by atoms with Gasteiger partial charge in [0.2, 0.25) is 5.91 Å². The van der Waals surface area contributed by atoms with Crippen LogP contribution in [0.15, 0.2) is 48.5 Å². The third-order valence-corrected chi connectivity index (χ3v) is 4.70. The van der Waals surface area contributed by atoms with Crippen LogP contribution in [0.1, 0.15) is 34.7 Å². The molecule has 2 N–H and O–H groups in total. The Labute approximate surface area is 164 Å². The van der Waals surface area contributed by atoms with Crippen LogP contribution in [0, 0.1) is 18.3 Å². The van der Waals surface area contributed by atoms with Gasteiger partial charge < -0.3 is 15.4 Å². The fraction of sp³-hybridized carbons (Fsp3) is 0.318. The number of amides is 1. The van der Waals surface area contributed by atoms with E-state index in [1.165, 1.54) is 0 Å². The number of rotatable bonds is 6. The number of aryl methyl sites for hydroxylation is 1. The van der Waals surface area contributed by atoms with Gasteiger partial charge in [-0.2, -0.15) is 5.26 Å². The number of nitrogens with zero attached hydrogens (tertiary/aromatic N) is 1. The molecule has 0 unspecified atom stereocenters. The summed E-state index contributed by atoms with van der Waals surface area (Å²) in [6.45, 7) is 2.84. The summed E-state index contributed by atoms with van der Waals surface area (Å²) in [7, 11) is 0. The molecule has 0 spiro atoms. The topological polar surface area (TPSA) is 91.2 Å². The van der Waals surface area contributed by atoms with Gasteiger partial charge in [-0.1, -0.05) is 54.1 Å². The highest BCUT2D eigenvalue weighted by Crippen LogP contribution is 2.24. The third kappa shape index (κ3) is 4.96. The largest absolute Gasteiger partial charge is 0.461 e. The van der Waals surface area contributed by atoms with Crippen molar-refractivity contribution in [2.45, 2.75) is 38.5 Å². The van der Waals surface area contributed by atoms with Crippen LogP contribution in [-0.4, -0.2) is 24.5 Å². The second-order valence-electron chi connectivity index (χ2n) is 6.88. The normalized spacial score (nSPS) is 16.4. The average Bonchev–Trinajstić information content (AvgIpc) is 2.71. The van der Waals surface area contributed by atoms with Gasteiger partial charge in [0.05, 0.1) is 12.5 Å². The van der Waals surface area contributed by atoms with Gasteiger partial charge in [0.25, 0.3) is 0 Å². The third-order valence-electron chi connectivity index (χ3n) is 4.70. The highest BCUT2D eigenvalue weighted by atomic mass is 16.5. The minimum absolute atomic E-state index is 0.142. The van der Waals surface area contributed by atoms with Gasteiger partial charge in [-0.3, -0.25) is 9.59 Å². The molecule has 1 heterocycles. The van der Waals surface area contributed by atoms with Crippen molar-refractivity contribution in [3.05, 3.63) is 70.8 Å². The Bertz CT molecular complexity index is 890. The average molecular weight is 377 g/mol. The Balaban J connectivity index is 1.57. The fourth-order valence-corrected chi connectivity index (χ4v) is 3.28. The monoisotopic (exact) mass is 377 g/mol. The SMILES string of the molecule is Cc1ccc2c(c1)CCN[C@@H]2C(=O)N[C@H](C#N)CC(=O)OCc1ccccc1. The van der Waals surface area contributed by atoms with Gasteiger partial charge >= 0.3 is 5.97 Å². The highest BCUT2D eigenvalue weighted by molar-refractivity contribution is 5.85. The lowest BCUT2D eigenvalue weighted by Crippen LogP contribution is -2.45. The van der Waals surface area contributed by atoms with Crippen molar-refractivity contribution in [3.63, 3.8) is 0 Å². The molecule has 0 fully saturated rings. The molecule has 3 rings (SSSR count). The number of nitriles is 1. The number of fused-ring (bicyclic) bond motifs is 1. The predicted octanol–water partition coefficient (Wildman–Crippen LogP) is 2.32. The molecule has 144 valence electrons. The molecule has 6 heteroatoms. The Morgan fingerprint density at radius 1 is 1.29 bits per heavy atom. The van der Waals surface area contributed by atoms with E-state index in [-0.39, 0.29) is 18.9 Å². The Morgan fingerprint density at radius 2 is 2.07 bits per heavy atom. The predicted molar refractivity (Wildman–Crippen MR) is 104 cm³/mol. The van der Waals surface area contributed by atoms with Gasteiger partial charge in [0, 0.05) is 6.54 Å². The van der Waals surface area contributed by atoms with E-state index in [9.17, 15) is 14.9 Å². The summed E-state index contributed by atoms with van der Waals surface area (Å²) in [5, 5.41) is 15.2. The van der Waals surface area contributed by atoms with Crippen molar-refractivity contribution >= 4 is 11.9 Å². The van der Waals surface area contributed by atoms with E-state index in [2.05, 4.69) is 16.7 Å². The van der Waals surface area contributed by atoms with Crippen LogP contribution in [0.3, 0.4) is 0 Å². The molecule has 0 aliphatic carbocycles. The zero-order valence-electron chi connectivity index (χ0n) is 15.8. The lowest BCUT2D eigenvalue weighted by Gasteiger charge is -2.27. The zero-order valence-corrected chi connectivity index (χ0v) is 15.8. The van der Waals surface area contributed by atoms with Crippen LogP contribution in [0.5, 0.6) is 0 Å². The maximum absolute atomic E-state index is 12.7. The Morgan fingerprint density at radius 3 is 2.82 bits per heavy atom. The molecule has 0 radical (unpaired) electrons. The molecule has 0 saturated carbocycles. The van der Waals surface area contributed by atoms with Gasteiger partial charge in [-0.15, -0.1) is 0 Å². The molecular weight excluding hydrogens is 354 g/mol. The van der Waals surface area contributed by atoms with E-state index in [1.807, 2.05) is 55.5 Å². The Kier molecular flexibility index (Phi) is 6.41. The molecular formula is C22H23N3O3. The maximum Gasteiger partial charge on any atom is 0.309 e. The number of ether oxygens (including phenoxy) is 1. The first kappa shape index (κ1) is 19.6. The quantitative estimate of drug-likeness (QED) is 0.754. The van der Waals surface area contributed by atoms with Crippen LogP contribution in [0.4, 0.5) is 0 Å². The van der Waals surface area contributed by atoms with Crippen molar-refractivity contribution in [1.82, 2.24) is 10.6 Å². The van der Waals surface area contributed by atoms with Crippen molar-refractivity contribution in [2.75, 3.05) is 6.54 Å². The summed E-state index contributed by atoms with van der Waals surface area (Å²) in [5.74, 6) is -0.837. The lowest BCUT2D eigenvalue weighted by molar-refractivity contribution is -0.145. The zero-order chi connectivity index (χ0) is 19.9. The molecule has 0 bridgehead atoms. The first-order valence-electron chi connectivity index (χ1n) is 9.29. The number of carbonyl (C=O) groups is 2. The number of benzene rings is 2. The number of nitrogens with one attached hydrogen (secondary N) is 2. The molecule has 1 aliphatic rings. The Hall–Kier alpha value is -3.17. The lowest BCUT2D eigenvalue weighted by atomic mass is 9.92. The number of hydrogen-bond acceptors (Lipinski definition) is 5. The molecule has 28 heavy (non-hydrogen) atoms. The molecule has 2 aromatic rings. The van der Waals surface area contributed by atoms with E-state index < -0.39 is 18.1 Å². The van der Waals surface area contributed by atoms with Crippen molar-refractivity contribution in [1.29, 1.82) is 5.26 Å². The van der Waals surface area contributed by atoms with Gasteiger partial charge in [0.15, 0.2) is 0 Å². The summed E-state index contributed by atoms with van der Waals surface area (Å²) < 4.78 is 5.20. The molecule has 0 aromatic heterocycles. The number of esters is 1. The van der Waals surface area contributed by atoms with Crippen molar-refractivity contribution < 1.29 is 14.3 Å². The maximum atomic E-state index is 12.7. The second kappa shape index (κ2) is 9.16. The van der Waals surface area contributed by atoms with Crippen LogP contribution >= 0.6 is 0 Å². The van der Waals surface area contributed by atoms with E-state index in [4.69, 9.17) is 4.74 Å². The summed E-state index contributed by atoms with van der Waals surface area (Å²) in [6.07, 6.45) is 0.664. The molecule has 2 atom stereocenters. The summed E-state index contributed by atoms with van der Waals surface area (Å²) in [4.78, 5) is 24.7. The van der Waals surface area contributed by atoms with Crippen LogP contribution in [-0.2, 0) is 27.4 Å². The summed E-state index contributed by atoms with van der Waals surface area (Å²) in [6, 6.07) is 15.8. The van der Waals surface area contributed by atoms with E-state index in [0.717, 1.165) is 28.7 Å². The van der Waals surface area contributed by atoms with Crippen molar-refractivity contribution in [3.8, 4) is 6.07 Å². The van der Waals surface area contributed by atoms with E-state index in [0.29, 0.717) is 6.54 Å². The first-order chi connectivity index (χ1) is 13.6. The van der Waals surface area contributed by atoms with Gasteiger partial charge in [-0.25, -0.2) is 0 Å². The molecule has 6 nitrogen and oxygen atoms in total. The van der Waals surface area contributed by atoms with E-state index in [1.54, 1.807) is 0 Å². The molecule has 0 saturated heterocycles. The summed E-state index contributed by atoms with van der Waals surface area (Å²) in [5.41, 5.74) is 4.06. The first-order valence-corrected chi connectivity index (χ1v) is 9.29. The van der Waals surface area contributed by atoms with E-state index >= 15 is 0 Å². The second-order valence-corrected chi connectivity index (χ2v) is 6.88. The van der Waals surface area contributed by atoms with Crippen molar-refractivity contribution in [2.24, 2.45) is 0 Å². The minimum Gasteiger partial charge on any atom is -0.461 e. The highest BCUT2D eigenvalue weighted by Gasteiger charge is 2.28. The molecule has 2 aromatic carbocycles. The minimum atomic E-state index is -0.937. The van der Waals surface area contributed by atoms with Gasteiger partial charge in [-0.05, 0) is 30.0 Å². The molecule has 1 amide bonds. The van der Waals surface area contributed by atoms with Gasteiger partial charge in [0.1, 0.15) is 18.7 Å². The smallest absolute Gasteiger partial charge is 0.309 e. The van der Waals surface area contributed by atoms with Crippen LogP contribution < -0.4 is 10.6 Å². The van der Waals surface area contributed by atoms with Crippen LogP contribution in [0.25, 0.3) is 0 Å². The summed E-state index contributed by atoms with van der Waals surface area (Å²) >= 11 is 0. The number of hydrogen-bond donors (Lipinski definition) is 2. The van der Waals surface area contributed by atoms with Crippen LogP contribution in [0.2, 0.25) is 0 Å². The molecule has 1 aliphatic heterocycles. The fourth-order valence-electron chi connectivity index (χ4n) is 3.28. The standard InChI is InChI=1S/C22H23N3O3/c1-15-7-8-19-17(11-15)9-10-24-21(19)22(27)25-18(13-23)12-20(26)28-14-16-5-3-2-4-6-16/h2-8,11,18,21,24H,9-10,12,14H2,1H3,(H,25,27)/t18-,21-/m0/s1. The number of carbonyl (C=O) groups excluding carboxylic acids is 2.